The number of rotatable bonds is 6. The molecule has 1 aliphatic carbocycles. The Balaban J connectivity index is 2.02. The normalized spacial score (nSPS) is 16.9. The van der Waals surface area contributed by atoms with E-state index in [4.69, 9.17) is 11.6 Å². The highest BCUT2D eigenvalue weighted by atomic mass is 35.5. The molecule has 0 radical (unpaired) electrons. The molecule has 1 N–H and O–H groups in total. The summed E-state index contributed by atoms with van der Waals surface area (Å²) in [6.45, 7) is 5.28. The van der Waals surface area contributed by atoms with Crippen LogP contribution in [0, 0.1) is 6.92 Å². The Morgan fingerprint density at radius 1 is 1.25 bits per heavy atom. The van der Waals surface area contributed by atoms with Gasteiger partial charge in [0, 0.05) is 11.1 Å². The fraction of sp³-hybridized carbons (Fsp3) is 0.556. The van der Waals surface area contributed by atoms with E-state index in [0.717, 1.165) is 24.4 Å². The molecule has 0 bridgehead atoms. The largest absolute Gasteiger partial charge is 0.314 e. The summed E-state index contributed by atoms with van der Waals surface area (Å²) in [5.41, 5.74) is 4.12. The van der Waals surface area contributed by atoms with Gasteiger partial charge in [-0.25, -0.2) is 0 Å². The Hall–Kier alpha value is -0.790. The number of allylic oxidation sites excluding steroid dienone is 1. The van der Waals surface area contributed by atoms with Crippen LogP contribution < -0.4 is 5.32 Å². The molecule has 1 unspecified atom stereocenters. The number of hydrogen-bond donors (Lipinski definition) is 1. The predicted molar refractivity (Wildman–Crippen MR) is 88.5 cm³/mol. The zero-order chi connectivity index (χ0) is 14.4. The molecule has 1 aromatic carbocycles. The lowest BCUT2D eigenvalue weighted by atomic mass is 9.91. The predicted octanol–water partition coefficient (Wildman–Crippen LogP) is 5.06. The highest BCUT2D eigenvalue weighted by molar-refractivity contribution is 6.31. The van der Waals surface area contributed by atoms with Gasteiger partial charge in [0.15, 0.2) is 0 Å². The van der Waals surface area contributed by atoms with Gasteiger partial charge in [-0.2, -0.15) is 0 Å². The second-order valence-corrected chi connectivity index (χ2v) is 6.27. The number of likely N-dealkylation sites (N-methyl/N-ethyl adjacent to an activating group) is 1. The summed E-state index contributed by atoms with van der Waals surface area (Å²) in [6.07, 6.45) is 9.89. The smallest absolute Gasteiger partial charge is 0.0441 e. The molecule has 2 heteroatoms. The average Bonchev–Trinajstić information content (AvgIpc) is 2.43. The SMILES string of the molecule is CCNC(CC1=CCCCC1)Cc1ccc(C)cc1Cl. The Kier molecular flexibility index (Phi) is 6.12. The summed E-state index contributed by atoms with van der Waals surface area (Å²) >= 11 is 6.37. The van der Waals surface area contributed by atoms with E-state index in [1.54, 1.807) is 5.57 Å². The Labute approximate surface area is 128 Å². The molecule has 0 amide bonds. The van der Waals surface area contributed by atoms with Crippen LogP contribution in [0.2, 0.25) is 5.02 Å². The first kappa shape index (κ1) is 15.6. The molecule has 0 heterocycles. The van der Waals surface area contributed by atoms with Crippen LogP contribution in [-0.4, -0.2) is 12.6 Å². The molecule has 2 rings (SSSR count). The third-order valence-corrected chi connectivity index (χ3v) is 4.41. The van der Waals surface area contributed by atoms with Crippen LogP contribution in [0.1, 0.15) is 50.2 Å². The molecule has 0 spiro atoms. The van der Waals surface area contributed by atoms with Gasteiger partial charge in [0.05, 0.1) is 0 Å². The van der Waals surface area contributed by atoms with Gasteiger partial charge in [-0.3, -0.25) is 0 Å². The lowest BCUT2D eigenvalue weighted by Gasteiger charge is -2.22. The molecule has 20 heavy (non-hydrogen) atoms. The summed E-state index contributed by atoms with van der Waals surface area (Å²) in [4.78, 5) is 0. The first-order valence-corrected chi connectivity index (χ1v) is 8.23. The van der Waals surface area contributed by atoms with E-state index in [1.807, 2.05) is 0 Å². The summed E-state index contributed by atoms with van der Waals surface area (Å²) in [5, 5.41) is 4.53. The van der Waals surface area contributed by atoms with E-state index < -0.39 is 0 Å². The van der Waals surface area contributed by atoms with E-state index in [1.165, 1.54) is 36.8 Å². The quantitative estimate of drug-likeness (QED) is 0.722. The number of aryl methyl sites for hydroxylation is 1. The zero-order valence-electron chi connectivity index (χ0n) is 12.7. The minimum absolute atomic E-state index is 0.504. The summed E-state index contributed by atoms with van der Waals surface area (Å²) in [7, 11) is 0. The maximum absolute atomic E-state index is 6.37. The average molecular weight is 292 g/mol. The summed E-state index contributed by atoms with van der Waals surface area (Å²) < 4.78 is 0. The number of nitrogens with one attached hydrogen (secondary N) is 1. The second-order valence-electron chi connectivity index (χ2n) is 5.87. The monoisotopic (exact) mass is 291 g/mol. The van der Waals surface area contributed by atoms with E-state index >= 15 is 0 Å². The van der Waals surface area contributed by atoms with Crippen molar-refractivity contribution in [2.75, 3.05) is 6.54 Å². The molecule has 0 saturated heterocycles. The fourth-order valence-electron chi connectivity index (χ4n) is 3.00. The molecule has 1 nitrogen and oxygen atoms in total. The summed E-state index contributed by atoms with van der Waals surface area (Å²) in [6, 6.07) is 6.91. The molecular formula is C18H26ClN. The van der Waals surface area contributed by atoms with Crippen LogP contribution >= 0.6 is 11.6 Å². The van der Waals surface area contributed by atoms with Crippen molar-refractivity contribution in [1.82, 2.24) is 5.32 Å². The molecular weight excluding hydrogens is 266 g/mol. The minimum Gasteiger partial charge on any atom is -0.314 e. The molecule has 1 atom stereocenters. The highest BCUT2D eigenvalue weighted by Crippen LogP contribution is 2.24. The van der Waals surface area contributed by atoms with Crippen LogP contribution in [0.4, 0.5) is 0 Å². The number of hydrogen-bond acceptors (Lipinski definition) is 1. The third-order valence-electron chi connectivity index (χ3n) is 4.06. The van der Waals surface area contributed by atoms with Crippen LogP contribution in [0.5, 0.6) is 0 Å². The van der Waals surface area contributed by atoms with Crippen molar-refractivity contribution < 1.29 is 0 Å². The second kappa shape index (κ2) is 7.85. The van der Waals surface area contributed by atoms with Crippen LogP contribution in [0.25, 0.3) is 0 Å². The van der Waals surface area contributed by atoms with Crippen LogP contribution in [-0.2, 0) is 6.42 Å². The Morgan fingerprint density at radius 2 is 2.10 bits per heavy atom. The molecule has 110 valence electrons. The first-order chi connectivity index (χ1) is 9.69. The minimum atomic E-state index is 0.504. The molecule has 1 aliphatic rings. The van der Waals surface area contributed by atoms with Gasteiger partial charge in [-0.15, -0.1) is 0 Å². The van der Waals surface area contributed by atoms with Crippen molar-refractivity contribution in [2.24, 2.45) is 0 Å². The Morgan fingerprint density at radius 3 is 2.75 bits per heavy atom. The van der Waals surface area contributed by atoms with Gasteiger partial charge in [-0.05, 0) is 69.2 Å². The topological polar surface area (TPSA) is 12.0 Å². The van der Waals surface area contributed by atoms with Gasteiger partial charge in [0.2, 0.25) is 0 Å². The van der Waals surface area contributed by atoms with E-state index in [0.29, 0.717) is 6.04 Å². The van der Waals surface area contributed by atoms with E-state index in [2.05, 4.69) is 43.4 Å². The van der Waals surface area contributed by atoms with Gasteiger partial charge in [0.1, 0.15) is 0 Å². The lowest BCUT2D eigenvalue weighted by Crippen LogP contribution is -2.31. The van der Waals surface area contributed by atoms with E-state index in [9.17, 15) is 0 Å². The molecule has 1 aromatic rings. The van der Waals surface area contributed by atoms with Gasteiger partial charge in [0.25, 0.3) is 0 Å². The molecule has 0 aromatic heterocycles. The summed E-state index contributed by atoms with van der Waals surface area (Å²) in [5.74, 6) is 0. The number of benzene rings is 1. The van der Waals surface area contributed by atoms with Crippen LogP contribution in [0.3, 0.4) is 0 Å². The maximum atomic E-state index is 6.37. The number of halogens is 1. The van der Waals surface area contributed by atoms with Gasteiger partial charge >= 0.3 is 0 Å². The lowest BCUT2D eigenvalue weighted by molar-refractivity contribution is 0.504. The maximum Gasteiger partial charge on any atom is 0.0441 e. The third kappa shape index (κ3) is 4.64. The Bertz CT molecular complexity index is 464. The van der Waals surface area contributed by atoms with Gasteiger partial charge < -0.3 is 5.32 Å². The van der Waals surface area contributed by atoms with Crippen LogP contribution in [0.15, 0.2) is 29.8 Å². The zero-order valence-corrected chi connectivity index (χ0v) is 13.5. The fourth-order valence-corrected chi connectivity index (χ4v) is 3.31. The van der Waals surface area contributed by atoms with Crippen molar-refractivity contribution in [2.45, 2.75) is 58.4 Å². The van der Waals surface area contributed by atoms with Crippen molar-refractivity contribution in [1.29, 1.82) is 0 Å². The first-order valence-electron chi connectivity index (χ1n) is 7.85. The van der Waals surface area contributed by atoms with Crippen molar-refractivity contribution >= 4 is 11.6 Å². The molecule has 0 aliphatic heterocycles. The van der Waals surface area contributed by atoms with Crippen molar-refractivity contribution in [3.63, 3.8) is 0 Å². The molecule has 0 fully saturated rings. The standard InChI is InChI=1S/C18H26ClN/c1-3-20-17(12-15-7-5-4-6-8-15)13-16-10-9-14(2)11-18(16)19/h7,9-11,17,20H,3-6,8,12-13H2,1-2H3. The highest BCUT2D eigenvalue weighted by Gasteiger charge is 2.14. The van der Waals surface area contributed by atoms with Crippen molar-refractivity contribution in [3.8, 4) is 0 Å². The van der Waals surface area contributed by atoms with Crippen molar-refractivity contribution in [3.05, 3.63) is 46.0 Å². The van der Waals surface area contributed by atoms with Gasteiger partial charge in [-0.1, -0.05) is 42.3 Å². The molecule has 0 saturated carbocycles. The van der Waals surface area contributed by atoms with E-state index in [-0.39, 0.29) is 0 Å².